The summed E-state index contributed by atoms with van der Waals surface area (Å²) in [7, 11) is -3.39. The summed E-state index contributed by atoms with van der Waals surface area (Å²) in [6, 6.07) is 16.2. The fourth-order valence-electron chi connectivity index (χ4n) is 2.97. The first-order valence-electron chi connectivity index (χ1n) is 8.38. The standard InChI is InChI=1S/C20H20N2O3S/c1-26(24,25)22-14-6-11-19(22)20(23)21-18-10-5-9-17(15-18)13-12-16-7-3-2-4-8-16/h2-5,7-10,15,19H,6,11,14H2,1H3,(H,21,23). The molecule has 1 N–H and O–H groups in total. The molecule has 1 amide bonds. The van der Waals surface area contributed by atoms with Crippen molar-refractivity contribution in [1.82, 2.24) is 4.31 Å². The lowest BCUT2D eigenvalue weighted by Gasteiger charge is -2.21. The minimum absolute atomic E-state index is 0.305. The average Bonchev–Trinajstić information content (AvgIpc) is 3.12. The highest BCUT2D eigenvalue weighted by Gasteiger charge is 2.36. The van der Waals surface area contributed by atoms with Gasteiger partial charge in [0.2, 0.25) is 15.9 Å². The van der Waals surface area contributed by atoms with Crippen molar-refractivity contribution < 1.29 is 13.2 Å². The Balaban J connectivity index is 1.73. The monoisotopic (exact) mass is 368 g/mol. The molecular formula is C20H20N2O3S. The molecule has 1 saturated heterocycles. The van der Waals surface area contributed by atoms with Crippen LogP contribution in [0, 0.1) is 11.8 Å². The van der Waals surface area contributed by atoms with Gasteiger partial charge in [0.1, 0.15) is 6.04 Å². The zero-order valence-corrected chi connectivity index (χ0v) is 15.3. The van der Waals surface area contributed by atoms with Crippen LogP contribution in [0.2, 0.25) is 0 Å². The molecular weight excluding hydrogens is 348 g/mol. The Morgan fingerprint density at radius 2 is 1.77 bits per heavy atom. The number of nitrogens with one attached hydrogen (secondary N) is 1. The van der Waals surface area contributed by atoms with Crippen molar-refractivity contribution in [1.29, 1.82) is 0 Å². The van der Waals surface area contributed by atoms with Gasteiger partial charge in [0.15, 0.2) is 0 Å². The van der Waals surface area contributed by atoms with Crippen LogP contribution in [0.15, 0.2) is 54.6 Å². The molecule has 6 heteroatoms. The second-order valence-corrected chi connectivity index (χ2v) is 8.15. The van der Waals surface area contributed by atoms with Crippen molar-refractivity contribution >= 4 is 21.6 Å². The fraction of sp³-hybridized carbons (Fsp3) is 0.250. The third kappa shape index (κ3) is 4.51. The van der Waals surface area contributed by atoms with Crippen molar-refractivity contribution in [2.24, 2.45) is 0 Å². The molecule has 0 spiro atoms. The number of benzene rings is 2. The summed E-state index contributed by atoms with van der Waals surface area (Å²) >= 11 is 0. The lowest BCUT2D eigenvalue weighted by molar-refractivity contribution is -0.119. The van der Waals surface area contributed by atoms with Gasteiger partial charge in [-0.15, -0.1) is 0 Å². The van der Waals surface area contributed by atoms with Gasteiger partial charge < -0.3 is 5.32 Å². The molecule has 1 atom stereocenters. The maximum atomic E-state index is 12.5. The molecule has 2 aromatic rings. The van der Waals surface area contributed by atoms with Crippen molar-refractivity contribution in [3.8, 4) is 11.8 Å². The molecule has 1 aliphatic rings. The molecule has 0 aliphatic carbocycles. The van der Waals surface area contributed by atoms with Gasteiger partial charge in [-0.1, -0.05) is 36.1 Å². The van der Waals surface area contributed by atoms with E-state index in [2.05, 4.69) is 17.2 Å². The summed E-state index contributed by atoms with van der Waals surface area (Å²) in [4.78, 5) is 12.5. The van der Waals surface area contributed by atoms with E-state index in [0.717, 1.165) is 17.4 Å². The molecule has 0 radical (unpaired) electrons. The summed E-state index contributed by atoms with van der Waals surface area (Å²) in [6.45, 7) is 0.388. The van der Waals surface area contributed by atoms with E-state index in [1.54, 1.807) is 12.1 Å². The molecule has 1 unspecified atom stereocenters. The fourth-order valence-corrected chi connectivity index (χ4v) is 4.09. The van der Waals surface area contributed by atoms with Gasteiger partial charge in [-0.2, -0.15) is 4.31 Å². The van der Waals surface area contributed by atoms with Gasteiger partial charge in [-0.05, 0) is 43.2 Å². The van der Waals surface area contributed by atoms with Gasteiger partial charge in [0.25, 0.3) is 0 Å². The van der Waals surface area contributed by atoms with Crippen LogP contribution in [0.5, 0.6) is 0 Å². The SMILES string of the molecule is CS(=O)(=O)N1CCCC1C(=O)Nc1cccc(C#Cc2ccccc2)c1. The summed E-state index contributed by atoms with van der Waals surface area (Å²) in [6.07, 6.45) is 2.36. The van der Waals surface area contributed by atoms with Crippen molar-refractivity contribution in [2.45, 2.75) is 18.9 Å². The van der Waals surface area contributed by atoms with Crippen LogP contribution in [0.3, 0.4) is 0 Å². The Labute approximate surface area is 154 Å². The highest BCUT2D eigenvalue weighted by atomic mass is 32.2. The van der Waals surface area contributed by atoms with E-state index < -0.39 is 16.1 Å². The topological polar surface area (TPSA) is 66.5 Å². The van der Waals surface area contributed by atoms with E-state index in [1.807, 2.05) is 42.5 Å². The molecule has 0 bridgehead atoms. The van der Waals surface area contributed by atoms with E-state index >= 15 is 0 Å². The van der Waals surface area contributed by atoms with Crippen molar-refractivity contribution in [3.63, 3.8) is 0 Å². The van der Waals surface area contributed by atoms with Gasteiger partial charge in [-0.3, -0.25) is 4.79 Å². The highest BCUT2D eigenvalue weighted by molar-refractivity contribution is 7.88. The van der Waals surface area contributed by atoms with E-state index in [4.69, 9.17) is 0 Å². The van der Waals surface area contributed by atoms with Crippen LogP contribution in [-0.2, 0) is 14.8 Å². The minimum atomic E-state index is -3.39. The molecule has 134 valence electrons. The van der Waals surface area contributed by atoms with E-state index in [-0.39, 0.29) is 5.91 Å². The number of hydrogen-bond acceptors (Lipinski definition) is 3. The number of rotatable bonds is 3. The number of carbonyl (C=O) groups excluding carboxylic acids is 1. The van der Waals surface area contributed by atoms with Gasteiger partial charge in [-0.25, -0.2) is 8.42 Å². The Morgan fingerprint density at radius 1 is 1.08 bits per heavy atom. The average molecular weight is 368 g/mol. The van der Waals surface area contributed by atoms with Crippen molar-refractivity contribution in [2.75, 3.05) is 18.1 Å². The zero-order chi connectivity index (χ0) is 18.6. The smallest absolute Gasteiger partial charge is 0.242 e. The van der Waals surface area contributed by atoms with Crippen LogP contribution < -0.4 is 5.32 Å². The zero-order valence-electron chi connectivity index (χ0n) is 14.5. The number of anilines is 1. The van der Waals surface area contributed by atoms with Crippen LogP contribution in [0.25, 0.3) is 0 Å². The second-order valence-electron chi connectivity index (χ2n) is 6.22. The lowest BCUT2D eigenvalue weighted by Crippen LogP contribution is -2.42. The summed E-state index contributed by atoms with van der Waals surface area (Å²) in [5, 5.41) is 2.81. The molecule has 0 aromatic heterocycles. The molecule has 26 heavy (non-hydrogen) atoms. The number of hydrogen-bond donors (Lipinski definition) is 1. The maximum absolute atomic E-state index is 12.5. The largest absolute Gasteiger partial charge is 0.325 e. The van der Waals surface area contributed by atoms with Crippen LogP contribution in [-0.4, -0.2) is 37.5 Å². The molecule has 5 nitrogen and oxygen atoms in total. The molecule has 1 heterocycles. The van der Waals surface area contributed by atoms with Gasteiger partial charge >= 0.3 is 0 Å². The maximum Gasteiger partial charge on any atom is 0.242 e. The van der Waals surface area contributed by atoms with Crippen LogP contribution in [0.4, 0.5) is 5.69 Å². The first-order valence-corrected chi connectivity index (χ1v) is 10.2. The Kier molecular flexibility index (Phi) is 5.40. The lowest BCUT2D eigenvalue weighted by atomic mass is 10.1. The second kappa shape index (κ2) is 7.73. The number of carbonyl (C=O) groups is 1. The molecule has 2 aromatic carbocycles. The van der Waals surface area contributed by atoms with Gasteiger partial charge in [0.05, 0.1) is 6.26 Å². The highest BCUT2D eigenvalue weighted by Crippen LogP contribution is 2.22. The Hall–Kier alpha value is -2.62. The number of nitrogens with zero attached hydrogens (tertiary/aromatic N) is 1. The molecule has 3 rings (SSSR count). The minimum Gasteiger partial charge on any atom is -0.325 e. The normalized spacial score (nSPS) is 17.3. The van der Waals surface area contributed by atoms with Crippen LogP contribution in [0.1, 0.15) is 24.0 Å². The Morgan fingerprint density at radius 3 is 2.50 bits per heavy atom. The van der Waals surface area contributed by atoms with E-state index in [0.29, 0.717) is 25.1 Å². The molecule has 1 aliphatic heterocycles. The van der Waals surface area contributed by atoms with E-state index in [9.17, 15) is 13.2 Å². The van der Waals surface area contributed by atoms with Crippen molar-refractivity contribution in [3.05, 3.63) is 65.7 Å². The van der Waals surface area contributed by atoms with E-state index in [1.165, 1.54) is 4.31 Å². The molecule has 0 saturated carbocycles. The third-order valence-electron chi connectivity index (χ3n) is 4.19. The molecule has 1 fully saturated rings. The quantitative estimate of drug-likeness (QED) is 0.847. The predicted octanol–water partition coefficient (Wildman–Crippen LogP) is 2.45. The van der Waals surface area contributed by atoms with Gasteiger partial charge in [0, 0.05) is 23.4 Å². The summed E-state index contributed by atoms with van der Waals surface area (Å²) < 4.78 is 24.9. The predicted molar refractivity (Wildman–Crippen MR) is 102 cm³/mol. The summed E-state index contributed by atoms with van der Waals surface area (Å²) in [5.74, 6) is 5.84. The Bertz CT molecular complexity index is 959. The first kappa shape index (κ1) is 18.2. The third-order valence-corrected chi connectivity index (χ3v) is 5.48. The number of sulfonamides is 1. The van der Waals surface area contributed by atoms with Crippen LogP contribution >= 0.6 is 0 Å². The first-order chi connectivity index (χ1) is 12.4. The number of amides is 1. The summed E-state index contributed by atoms with van der Waals surface area (Å²) in [5.41, 5.74) is 2.30.